The van der Waals surface area contributed by atoms with E-state index in [1.165, 1.54) is 25.7 Å². The molecule has 3 saturated carbocycles. The molecule has 4 aliphatic rings. The summed E-state index contributed by atoms with van der Waals surface area (Å²) in [7, 11) is 0. The van der Waals surface area contributed by atoms with Crippen LogP contribution in [-0.4, -0.2) is 30.6 Å². The molecule has 1 heterocycles. The second-order valence-electron chi connectivity index (χ2n) is 7.02. The molecule has 0 radical (unpaired) electrons. The van der Waals surface area contributed by atoms with Gasteiger partial charge in [-0.25, -0.2) is 0 Å². The molecular formula is C18H28O4. The van der Waals surface area contributed by atoms with Gasteiger partial charge in [-0.15, -0.1) is 0 Å². The summed E-state index contributed by atoms with van der Waals surface area (Å²) < 4.78 is 11.7. The predicted molar refractivity (Wildman–Crippen MR) is 83.4 cm³/mol. The van der Waals surface area contributed by atoms with Gasteiger partial charge >= 0.3 is 5.97 Å². The van der Waals surface area contributed by atoms with Crippen LogP contribution < -0.4 is 0 Å². The Morgan fingerprint density at radius 3 is 2.41 bits per heavy atom. The Hall–Kier alpha value is -0.870. The average molecular weight is 308 g/mol. The fraction of sp³-hybridized carbons (Fsp3) is 0.833. The molecule has 4 nitrogen and oxygen atoms in total. The van der Waals surface area contributed by atoms with Crippen molar-refractivity contribution in [2.45, 2.75) is 57.7 Å². The maximum absolute atomic E-state index is 10.5. The van der Waals surface area contributed by atoms with Crippen molar-refractivity contribution < 1.29 is 19.4 Å². The molecule has 1 aliphatic heterocycles. The third-order valence-corrected chi connectivity index (χ3v) is 5.76. The van der Waals surface area contributed by atoms with Gasteiger partial charge in [-0.05, 0) is 62.7 Å². The number of aliphatic carboxylic acids is 1. The molecule has 0 aromatic heterocycles. The maximum atomic E-state index is 10.5. The second kappa shape index (κ2) is 7.60. The van der Waals surface area contributed by atoms with Gasteiger partial charge in [0.25, 0.3) is 0 Å². The number of rotatable bonds is 7. The molecule has 0 aromatic rings. The number of ether oxygens (including phenoxy) is 2. The van der Waals surface area contributed by atoms with Gasteiger partial charge in [0, 0.05) is 12.3 Å². The van der Waals surface area contributed by atoms with E-state index in [2.05, 4.69) is 12.2 Å². The zero-order valence-electron chi connectivity index (χ0n) is 13.3. The summed E-state index contributed by atoms with van der Waals surface area (Å²) >= 11 is 0. The summed E-state index contributed by atoms with van der Waals surface area (Å²) in [6, 6.07) is 0. The molecule has 124 valence electrons. The zero-order valence-corrected chi connectivity index (χ0v) is 13.3. The molecule has 2 unspecified atom stereocenters. The molecule has 4 heteroatoms. The number of unbranched alkanes of at least 4 members (excludes halogenated alkanes) is 1. The summed E-state index contributed by atoms with van der Waals surface area (Å²) in [5, 5.41) is 8.65. The molecule has 0 spiro atoms. The number of carboxylic acid groups (broad SMARTS) is 1. The van der Waals surface area contributed by atoms with Crippen molar-refractivity contribution in [3.05, 3.63) is 12.2 Å². The van der Waals surface area contributed by atoms with Gasteiger partial charge in [-0.3, -0.25) is 4.79 Å². The third kappa shape index (κ3) is 3.72. The molecule has 1 N–H and O–H groups in total. The predicted octanol–water partition coefficient (Wildman–Crippen LogP) is 3.61. The third-order valence-electron chi connectivity index (χ3n) is 5.76. The fourth-order valence-electron chi connectivity index (χ4n) is 4.74. The first-order valence-corrected chi connectivity index (χ1v) is 8.85. The van der Waals surface area contributed by atoms with E-state index in [0.717, 1.165) is 44.3 Å². The molecule has 0 aromatic carbocycles. The first-order chi connectivity index (χ1) is 10.8. The highest BCUT2D eigenvalue weighted by Gasteiger charge is 2.47. The number of hydrogen-bond acceptors (Lipinski definition) is 3. The molecule has 1 saturated heterocycles. The maximum Gasteiger partial charge on any atom is 0.303 e. The van der Waals surface area contributed by atoms with E-state index < -0.39 is 5.97 Å². The quantitative estimate of drug-likeness (QED) is 0.576. The van der Waals surface area contributed by atoms with E-state index >= 15 is 0 Å². The van der Waals surface area contributed by atoms with E-state index in [0.29, 0.717) is 11.8 Å². The minimum atomic E-state index is -0.700. The number of carboxylic acids is 1. The molecular weight excluding hydrogens is 280 g/mol. The van der Waals surface area contributed by atoms with Crippen LogP contribution in [0.1, 0.15) is 51.4 Å². The van der Waals surface area contributed by atoms with Crippen molar-refractivity contribution in [1.29, 1.82) is 0 Å². The summed E-state index contributed by atoms with van der Waals surface area (Å²) in [5.41, 5.74) is 0. The number of fused-ring (bicyclic) bond motifs is 3. The van der Waals surface area contributed by atoms with Crippen LogP contribution in [0.4, 0.5) is 0 Å². The smallest absolute Gasteiger partial charge is 0.303 e. The number of allylic oxidation sites excluding steroid dienone is 2. The van der Waals surface area contributed by atoms with Crippen LogP contribution in [0.15, 0.2) is 12.2 Å². The molecule has 0 amide bonds. The van der Waals surface area contributed by atoms with Gasteiger partial charge in [-0.2, -0.15) is 0 Å². The topological polar surface area (TPSA) is 55.8 Å². The van der Waals surface area contributed by atoms with E-state index in [9.17, 15) is 4.79 Å². The average Bonchev–Trinajstić information content (AvgIpc) is 3.05. The lowest BCUT2D eigenvalue weighted by Gasteiger charge is -2.50. The van der Waals surface area contributed by atoms with Crippen molar-refractivity contribution in [3.8, 4) is 0 Å². The lowest BCUT2D eigenvalue weighted by Crippen LogP contribution is -2.45. The second-order valence-corrected chi connectivity index (χ2v) is 7.02. The van der Waals surface area contributed by atoms with E-state index in [4.69, 9.17) is 14.6 Å². The zero-order chi connectivity index (χ0) is 15.4. The molecule has 4 fully saturated rings. The van der Waals surface area contributed by atoms with Gasteiger partial charge in [0.2, 0.25) is 0 Å². The largest absolute Gasteiger partial charge is 0.481 e. The van der Waals surface area contributed by atoms with Crippen molar-refractivity contribution in [2.24, 2.45) is 23.7 Å². The molecule has 4 rings (SSSR count). The van der Waals surface area contributed by atoms with Gasteiger partial charge in [0.15, 0.2) is 6.29 Å². The Kier molecular flexibility index (Phi) is 5.53. The first kappa shape index (κ1) is 16.0. The minimum absolute atomic E-state index is 0.0264. The van der Waals surface area contributed by atoms with Gasteiger partial charge < -0.3 is 14.6 Å². The van der Waals surface area contributed by atoms with Gasteiger partial charge in [0.1, 0.15) is 0 Å². The lowest BCUT2D eigenvalue weighted by molar-refractivity contribution is -0.152. The number of hydrogen-bond donors (Lipinski definition) is 1. The number of carbonyl (C=O) groups is 1. The van der Waals surface area contributed by atoms with E-state index in [1.54, 1.807) is 0 Å². The fourth-order valence-corrected chi connectivity index (χ4v) is 4.74. The van der Waals surface area contributed by atoms with Crippen LogP contribution in [0.3, 0.4) is 0 Å². The van der Waals surface area contributed by atoms with Crippen molar-refractivity contribution in [1.82, 2.24) is 0 Å². The monoisotopic (exact) mass is 308 g/mol. The Balaban J connectivity index is 1.53. The summed E-state index contributed by atoms with van der Waals surface area (Å²) in [4.78, 5) is 10.5. The molecule has 2 bridgehead atoms. The van der Waals surface area contributed by atoms with Crippen LogP contribution in [0.25, 0.3) is 0 Å². The molecule has 2 atom stereocenters. The van der Waals surface area contributed by atoms with Crippen molar-refractivity contribution in [3.63, 3.8) is 0 Å². The molecule has 3 aliphatic carbocycles. The van der Waals surface area contributed by atoms with Gasteiger partial charge in [0.05, 0.1) is 13.2 Å². The van der Waals surface area contributed by atoms with E-state index in [-0.39, 0.29) is 12.7 Å². The lowest BCUT2D eigenvalue weighted by atomic mass is 9.57. The van der Waals surface area contributed by atoms with Gasteiger partial charge in [-0.1, -0.05) is 12.2 Å². The highest BCUT2D eigenvalue weighted by molar-refractivity contribution is 5.66. The SMILES string of the molecule is O=C(O)CCCC=CCC1C2CCC(CC2)C1C1OCCO1. The Bertz CT molecular complexity index is 390. The summed E-state index contributed by atoms with van der Waals surface area (Å²) in [6.45, 7) is 1.49. The highest BCUT2D eigenvalue weighted by Crippen LogP contribution is 2.52. The Labute approximate surface area is 132 Å². The Morgan fingerprint density at radius 1 is 1.05 bits per heavy atom. The summed E-state index contributed by atoms with van der Waals surface area (Å²) in [5.74, 6) is 2.16. The van der Waals surface area contributed by atoms with Crippen LogP contribution in [-0.2, 0) is 14.3 Å². The van der Waals surface area contributed by atoms with Crippen LogP contribution in [0.5, 0.6) is 0 Å². The Morgan fingerprint density at radius 2 is 1.73 bits per heavy atom. The van der Waals surface area contributed by atoms with Crippen molar-refractivity contribution in [2.75, 3.05) is 13.2 Å². The summed E-state index contributed by atoms with van der Waals surface area (Å²) in [6.07, 6.45) is 12.9. The first-order valence-electron chi connectivity index (χ1n) is 8.85. The van der Waals surface area contributed by atoms with Crippen LogP contribution in [0, 0.1) is 23.7 Å². The normalized spacial score (nSPS) is 35.5. The van der Waals surface area contributed by atoms with Crippen LogP contribution in [0.2, 0.25) is 0 Å². The van der Waals surface area contributed by atoms with Crippen molar-refractivity contribution >= 4 is 5.97 Å². The molecule has 22 heavy (non-hydrogen) atoms. The van der Waals surface area contributed by atoms with Crippen LogP contribution >= 0.6 is 0 Å². The van der Waals surface area contributed by atoms with E-state index in [1.807, 2.05) is 0 Å². The highest BCUT2D eigenvalue weighted by atomic mass is 16.7. The minimum Gasteiger partial charge on any atom is -0.481 e. The standard InChI is InChI=1S/C18H28O4/c19-16(20)6-4-2-1-3-5-15-13-7-9-14(10-8-13)17(15)18-21-11-12-22-18/h1,3,13-15,17-18H,2,4-12H2,(H,19,20).